The normalized spacial score (nSPS) is 11.8. The standard InChI is InChI=1S/C22H23F4N3O/c1-3-10-28(21(30)15-6-5-7-16(12-15)22(24,25)26)14-20-27-18-9-8-17(23)13-19(18)29(20)11-4-2/h5-9,12-13H,3-4,10-11,14H2,1-2H3. The molecule has 1 heterocycles. The fraction of sp³-hybridized carbons (Fsp3) is 0.364. The van der Waals surface area contributed by atoms with Gasteiger partial charge in [-0.25, -0.2) is 9.37 Å². The SMILES string of the molecule is CCCN(Cc1nc2ccc(F)cc2n1CCC)C(=O)c1cccc(C(F)(F)F)c1. The lowest BCUT2D eigenvalue weighted by atomic mass is 10.1. The number of rotatable bonds is 7. The van der Waals surface area contributed by atoms with E-state index in [4.69, 9.17) is 0 Å². The summed E-state index contributed by atoms with van der Waals surface area (Å²) in [6, 6.07) is 8.73. The van der Waals surface area contributed by atoms with Crippen molar-refractivity contribution in [1.82, 2.24) is 14.5 Å². The zero-order valence-electron chi connectivity index (χ0n) is 16.8. The Morgan fingerprint density at radius 2 is 1.87 bits per heavy atom. The van der Waals surface area contributed by atoms with Gasteiger partial charge in [-0.15, -0.1) is 0 Å². The van der Waals surface area contributed by atoms with Crippen molar-refractivity contribution in [2.45, 2.75) is 46.0 Å². The highest BCUT2D eigenvalue weighted by Crippen LogP contribution is 2.30. The maximum atomic E-state index is 13.7. The number of imidazole rings is 1. The number of amides is 1. The van der Waals surface area contributed by atoms with Gasteiger partial charge >= 0.3 is 6.18 Å². The van der Waals surface area contributed by atoms with Gasteiger partial charge in [-0.1, -0.05) is 19.9 Å². The van der Waals surface area contributed by atoms with Crippen LogP contribution in [0.2, 0.25) is 0 Å². The first-order valence-electron chi connectivity index (χ1n) is 9.85. The van der Waals surface area contributed by atoms with Crippen LogP contribution in [0.4, 0.5) is 17.6 Å². The van der Waals surface area contributed by atoms with Gasteiger partial charge in [0.1, 0.15) is 11.6 Å². The molecular weight excluding hydrogens is 398 g/mol. The summed E-state index contributed by atoms with van der Waals surface area (Å²) in [5.41, 5.74) is 0.360. The molecule has 0 unspecified atom stereocenters. The number of fused-ring (bicyclic) bond motifs is 1. The van der Waals surface area contributed by atoms with Crippen molar-refractivity contribution in [3.63, 3.8) is 0 Å². The zero-order valence-corrected chi connectivity index (χ0v) is 16.8. The Hall–Kier alpha value is -2.90. The predicted molar refractivity (Wildman–Crippen MR) is 106 cm³/mol. The van der Waals surface area contributed by atoms with Gasteiger partial charge in [0.05, 0.1) is 23.1 Å². The van der Waals surface area contributed by atoms with E-state index in [-0.39, 0.29) is 17.9 Å². The predicted octanol–water partition coefficient (Wildman–Crippen LogP) is 5.66. The monoisotopic (exact) mass is 421 g/mol. The summed E-state index contributed by atoms with van der Waals surface area (Å²) in [6.45, 7) is 4.94. The molecule has 0 aliphatic carbocycles. The summed E-state index contributed by atoms with van der Waals surface area (Å²) in [4.78, 5) is 19.1. The fourth-order valence-corrected chi connectivity index (χ4v) is 3.44. The minimum atomic E-state index is -4.52. The third kappa shape index (κ3) is 4.63. The Morgan fingerprint density at radius 3 is 2.53 bits per heavy atom. The Labute approximate surface area is 172 Å². The van der Waals surface area contributed by atoms with Crippen molar-refractivity contribution in [3.05, 3.63) is 65.2 Å². The molecule has 0 fully saturated rings. The van der Waals surface area contributed by atoms with Crippen LogP contribution in [-0.2, 0) is 19.3 Å². The Bertz CT molecular complexity index is 1040. The van der Waals surface area contributed by atoms with Crippen molar-refractivity contribution in [3.8, 4) is 0 Å². The first-order valence-corrected chi connectivity index (χ1v) is 9.85. The van der Waals surface area contributed by atoms with Crippen molar-refractivity contribution in [2.75, 3.05) is 6.54 Å². The molecule has 0 radical (unpaired) electrons. The molecule has 1 amide bonds. The van der Waals surface area contributed by atoms with Crippen LogP contribution in [-0.4, -0.2) is 26.9 Å². The molecule has 0 saturated heterocycles. The average Bonchev–Trinajstić information content (AvgIpc) is 3.03. The summed E-state index contributed by atoms with van der Waals surface area (Å²) in [7, 11) is 0. The highest BCUT2D eigenvalue weighted by atomic mass is 19.4. The summed E-state index contributed by atoms with van der Waals surface area (Å²) in [5, 5.41) is 0. The summed E-state index contributed by atoms with van der Waals surface area (Å²) >= 11 is 0. The Morgan fingerprint density at radius 1 is 1.10 bits per heavy atom. The molecule has 0 aliphatic rings. The second kappa shape index (κ2) is 8.85. The number of nitrogens with zero attached hydrogens (tertiary/aromatic N) is 3. The van der Waals surface area contributed by atoms with Crippen LogP contribution in [0, 0.1) is 5.82 Å². The topological polar surface area (TPSA) is 38.1 Å². The number of alkyl halides is 3. The zero-order chi connectivity index (χ0) is 21.9. The Balaban J connectivity index is 1.96. The van der Waals surface area contributed by atoms with Gasteiger partial charge in [0.25, 0.3) is 5.91 Å². The van der Waals surface area contributed by atoms with E-state index >= 15 is 0 Å². The van der Waals surface area contributed by atoms with Crippen LogP contribution in [0.3, 0.4) is 0 Å². The molecule has 160 valence electrons. The lowest BCUT2D eigenvalue weighted by Crippen LogP contribution is -2.32. The molecule has 0 bridgehead atoms. The molecule has 4 nitrogen and oxygen atoms in total. The van der Waals surface area contributed by atoms with Crippen molar-refractivity contribution in [2.24, 2.45) is 0 Å². The maximum Gasteiger partial charge on any atom is 0.416 e. The smallest absolute Gasteiger partial charge is 0.331 e. The first-order chi connectivity index (χ1) is 14.2. The van der Waals surface area contributed by atoms with Crippen molar-refractivity contribution >= 4 is 16.9 Å². The fourth-order valence-electron chi connectivity index (χ4n) is 3.44. The molecule has 1 aromatic heterocycles. The van der Waals surface area contributed by atoms with E-state index in [0.717, 1.165) is 18.6 Å². The van der Waals surface area contributed by atoms with E-state index in [2.05, 4.69) is 4.98 Å². The molecule has 3 rings (SSSR count). The van der Waals surface area contributed by atoms with E-state index in [9.17, 15) is 22.4 Å². The molecular formula is C22H23F4N3O. The molecule has 0 N–H and O–H groups in total. The van der Waals surface area contributed by atoms with E-state index in [1.807, 2.05) is 18.4 Å². The maximum absolute atomic E-state index is 13.7. The average molecular weight is 421 g/mol. The van der Waals surface area contributed by atoms with Gasteiger partial charge < -0.3 is 9.47 Å². The molecule has 0 atom stereocenters. The molecule has 30 heavy (non-hydrogen) atoms. The second-order valence-electron chi connectivity index (χ2n) is 7.12. The number of hydrogen-bond acceptors (Lipinski definition) is 2. The van der Waals surface area contributed by atoms with Crippen LogP contribution in [0.1, 0.15) is 48.4 Å². The van der Waals surface area contributed by atoms with Gasteiger partial charge in [0.15, 0.2) is 0 Å². The van der Waals surface area contributed by atoms with E-state index in [0.29, 0.717) is 36.4 Å². The van der Waals surface area contributed by atoms with Crippen molar-refractivity contribution < 1.29 is 22.4 Å². The van der Waals surface area contributed by atoms with Gasteiger partial charge in [-0.2, -0.15) is 13.2 Å². The van der Waals surface area contributed by atoms with Crippen LogP contribution < -0.4 is 0 Å². The van der Waals surface area contributed by atoms with E-state index < -0.39 is 17.6 Å². The number of hydrogen-bond donors (Lipinski definition) is 0. The number of aromatic nitrogens is 2. The van der Waals surface area contributed by atoms with E-state index in [1.165, 1.54) is 29.2 Å². The lowest BCUT2D eigenvalue weighted by Gasteiger charge is -2.23. The molecule has 0 saturated carbocycles. The summed E-state index contributed by atoms with van der Waals surface area (Å²) < 4.78 is 54.7. The summed E-state index contributed by atoms with van der Waals surface area (Å²) in [6.07, 6.45) is -3.11. The summed E-state index contributed by atoms with van der Waals surface area (Å²) in [5.74, 6) is -0.299. The Kier molecular flexibility index (Phi) is 6.43. The van der Waals surface area contributed by atoms with Gasteiger partial charge in [0.2, 0.25) is 0 Å². The third-order valence-electron chi connectivity index (χ3n) is 4.79. The van der Waals surface area contributed by atoms with Gasteiger partial charge in [-0.3, -0.25) is 4.79 Å². The molecule has 0 spiro atoms. The largest absolute Gasteiger partial charge is 0.416 e. The number of benzene rings is 2. The molecule has 8 heteroatoms. The molecule has 3 aromatic rings. The quantitative estimate of drug-likeness (QED) is 0.462. The van der Waals surface area contributed by atoms with Crippen LogP contribution in [0.15, 0.2) is 42.5 Å². The molecule has 0 aliphatic heterocycles. The first kappa shape index (κ1) is 21.8. The highest BCUT2D eigenvalue weighted by Gasteiger charge is 2.31. The van der Waals surface area contributed by atoms with Gasteiger partial charge in [0, 0.05) is 18.7 Å². The number of halogens is 4. The second-order valence-corrected chi connectivity index (χ2v) is 7.12. The minimum absolute atomic E-state index is 0.0255. The van der Waals surface area contributed by atoms with Gasteiger partial charge in [-0.05, 0) is 49.2 Å². The van der Waals surface area contributed by atoms with Crippen molar-refractivity contribution in [1.29, 1.82) is 0 Å². The minimum Gasteiger partial charge on any atom is -0.331 e. The number of carbonyl (C=O) groups is 1. The number of aryl methyl sites for hydroxylation is 1. The van der Waals surface area contributed by atoms with Crippen LogP contribution in [0.25, 0.3) is 11.0 Å². The third-order valence-corrected chi connectivity index (χ3v) is 4.79. The lowest BCUT2D eigenvalue weighted by molar-refractivity contribution is -0.137. The highest BCUT2D eigenvalue weighted by molar-refractivity contribution is 5.94. The number of carbonyl (C=O) groups excluding carboxylic acids is 1. The van der Waals surface area contributed by atoms with E-state index in [1.54, 1.807) is 6.07 Å². The van der Waals surface area contributed by atoms with Crippen LogP contribution >= 0.6 is 0 Å². The molecule has 2 aromatic carbocycles. The van der Waals surface area contributed by atoms with Crippen LogP contribution in [0.5, 0.6) is 0 Å².